The van der Waals surface area contributed by atoms with Crippen molar-refractivity contribution >= 4 is 0 Å². The molecule has 0 atom stereocenters. The molecule has 0 aromatic carbocycles. The van der Waals surface area contributed by atoms with E-state index in [1.54, 1.807) is 0 Å². The lowest BCUT2D eigenvalue weighted by molar-refractivity contribution is 0.561. The van der Waals surface area contributed by atoms with E-state index in [1.165, 1.54) is 12.8 Å². The molecule has 0 radical (unpaired) electrons. The lowest BCUT2D eigenvalue weighted by atomic mass is 10.1. The molecule has 4 heteroatoms. The van der Waals surface area contributed by atoms with Crippen LogP contribution in [-0.4, -0.2) is 21.3 Å². The summed E-state index contributed by atoms with van der Waals surface area (Å²) in [7, 11) is 0. The van der Waals surface area contributed by atoms with E-state index in [0.29, 0.717) is 6.54 Å². The fraction of sp³-hybridized carbons (Fsp3) is 0.778. The Bertz CT molecular complexity index is 288. The molecule has 1 aliphatic carbocycles. The molecule has 1 fully saturated rings. The zero-order valence-electron chi connectivity index (χ0n) is 8.03. The highest BCUT2D eigenvalue weighted by atomic mass is 15.3. The third-order valence-electron chi connectivity index (χ3n) is 2.80. The molecule has 0 amide bonds. The zero-order valence-corrected chi connectivity index (χ0v) is 8.03. The monoisotopic (exact) mass is 180 g/mol. The third kappa shape index (κ3) is 1.35. The number of hydrogen-bond donors (Lipinski definition) is 1. The number of nitrogens with two attached hydrogens (primary N) is 1. The van der Waals surface area contributed by atoms with Gasteiger partial charge in [0.05, 0.1) is 0 Å². The van der Waals surface area contributed by atoms with Crippen LogP contribution in [0.1, 0.15) is 32.0 Å². The molecule has 1 heterocycles. The fourth-order valence-electron chi connectivity index (χ4n) is 1.74. The van der Waals surface area contributed by atoms with Gasteiger partial charge in [-0.2, -0.15) is 0 Å². The first kappa shape index (κ1) is 8.69. The maximum Gasteiger partial charge on any atom is 0.140 e. The highest BCUT2D eigenvalue weighted by molar-refractivity contribution is 5.18. The third-order valence-corrected chi connectivity index (χ3v) is 2.80. The maximum atomic E-state index is 5.74. The maximum absolute atomic E-state index is 5.74. The van der Waals surface area contributed by atoms with Crippen LogP contribution in [0.5, 0.6) is 0 Å². The van der Waals surface area contributed by atoms with E-state index in [4.69, 9.17) is 5.73 Å². The number of hydrogen-bond acceptors (Lipinski definition) is 3. The standard InChI is InChI=1S/C9H16N4/c1-2-5-13-7-11-12-8(13)9(6-10)3-4-9/h7H,2-6,10H2,1H3. The van der Waals surface area contributed by atoms with Crippen LogP contribution in [0.25, 0.3) is 0 Å². The number of rotatable bonds is 4. The Morgan fingerprint density at radius 3 is 2.92 bits per heavy atom. The molecule has 0 unspecified atom stereocenters. The Morgan fingerprint density at radius 1 is 1.62 bits per heavy atom. The van der Waals surface area contributed by atoms with Gasteiger partial charge in [-0.3, -0.25) is 0 Å². The van der Waals surface area contributed by atoms with Crippen molar-refractivity contribution in [1.82, 2.24) is 14.8 Å². The fourth-order valence-corrected chi connectivity index (χ4v) is 1.74. The Hall–Kier alpha value is -0.900. The molecule has 1 aromatic heterocycles. The predicted octanol–water partition coefficient (Wildman–Crippen LogP) is 0.678. The van der Waals surface area contributed by atoms with Crippen LogP contribution < -0.4 is 5.73 Å². The molecular weight excluding hydrogens is 164 g/mol. The van der Waals surface area contributed by atoms with Crippen molar-refractivity contribution in [2.45, 2.75) is 38.1 Å². The molecule has 13 heavy (non-hydrogen) atoms. The second-order valence-corrected chi connectivity index (χ2v) is 3.83. The van der Waals surface area contributed by atoms with Crippen molar-refractivity contribution in [3.63, 3.8) is 0 Å². The molecule has 0 bridgehead atoms. The van der Waals surface area contributed by atoms with E-state index in [-0.39, 0.29) is 5.41 Å². The van der Waals surface area contributed by atoms with Crippen LogP contribution in [0.3, 0.4) is 0 Å². The highest BCUT2D eigenvalue weighted by Crippen LogP contribution is 2.46. The lowest BCUT2D eigenvalue weighted by Gasteiger charge is -2.12. The van der Waals surface area contributed by atoms with Crippen molar-refractivity contribution in [2.75, 3.05) is 6.54 Å². The molecule has 2 rings (SSSR count). The Morgan fingerprint density at radius 2 is 2.38 bits per heavy atom. The van der Waals surface area contributed by atoms with Gasteiger partial charge < -0.3 is 10.3 Å². The Labute approximate surface area is 78.1 Å². The number of nitrogens with zero attached hydrogens (tertiary/aromatic N) is 3. The summed E-state index contributed by atoms with van der Waals surface area (Å²) in [6, 6.07) is 0. The van der Waals surface area contributed by atoms with Gasteiger partial charge in [0.25, 0.3) is 0 Å². The summed E-state index contributed by atoms with van der Waals surface area (Å²) in [5, 5.41) is 8.13. The molecule has 4 nitrogen and oxygen atoms in total. The second-order valence-electron chi connectivity index (χ2n) is 3.83. The summed E-state index contributed by atoms with van der Waals surface area (Å²) in [6.07, 6.45) is 5.28. The van der Waals surface area contributed by atoms with Crippen molar-refractivity contribution in [3.05, 3.63) is 12.2 Å². The molecule has 0 saturated heterocycles. The van der Waals surface area contributed by atoms with Gasteiger partial charge in [0.2, 0.25) is 0 Å². The Kier molecular flexibility index (Phi) is 2.07. The van der Waals surface area contributed by atoms with Crippen molar-refractivity contribution in [3.8, 4) is 0 Å². The van der Waals surface area contributed by atoms with Gasteiger partial charge in [-0.25, -0.2) is 0 Å². The minimum absolute atomic E-state index is 0.172. The first-order valence-corrected chi connectivity index (χ1v) is 4.91. The lowest BCUT2D eigenvalue weighted by Crippen LogP contribution is -2.24. The van der Waals surface area contributed by atoms with Gasteiger partial charge >= 0.3 is 0 Å². The summed E-state index contributed by atoms with van der Waals surface area (Å²) < 4.78 is 2.14. The van der Waals surface area contributed by atoms with Gasteiger partial charge in [0.15, 0.2) is 0 Å². The molecule has 0 aliphatic heterocycles. The normalized spacial score (nSPS) is 18.9. The summed E-state index contributed by atoms with van der Waals surface area (Å²) in [5.74, 6) is 1.09. The van der Waals surface area contributed by atoms with Crippen LogP contribution in [0, 0.1) is 0 Å². The SMILES string of the molecule is CCCn1cnnc1C1(CN)CC1. The van der Waals surface area contributed by atoms with Crippen LogP contribution in [0.4, 0.5) is 0 Å². The molecular formula is C9H16N4. The van der Waals surface area contributed by atoms with Gasteiger partial charge in [0.1, 0.15) is 12.2 Å². The average Bonchev–Trinajstić information content (AvgIpc) is 2.82. The van der Waals surface area contributed by atoms with Crippen molar-refractivity contribution in [2.24, 2.45) is 5.73 Å². The van der Waals surface area contributed by atoms with E-state index in [0.717, 1.165) is 18.8 Å². The first-order valence-electron chi connectivity index (χ1n) is 4.91. The van der Waals surface area contributed by atoms with Gasteiger partial charge in [-0.15, -0.1) is 10.2 Å². The molecule has 1 aliphatic rings. The molecule has 1 aromatic rings. The zero-order chi connectivity index (χ0) is 9.31. The average molecular weight is 180 g/mol. The molecule has 0 spiro atoms. The van der Waals surface area contributed by atoms with E-state index < -0.39 is 0 Å². The second kappa shape index (κ2) is 3.10. The molecule has 1 saturated carbocycles. The first-order chi connectivity index (χ1) is 6.32. The van der Waals surface area contributed by atoms with E-state index in [9.17, 15) is 0 Å². The minimum Gasteiger partial charge on any atom is -0.329 e. The van der Waals surface area contributed by atoms with E-state index in [2.05, 4.69) is 21.7 Å². The van der Waals surface area contributed by atoms with Crippen molar-refractivity contribution in [1.29, 1.82) is 0 Å². The van der Waals surface area contributed by atoms with Crippen LogP contribution >= 0.6 is 0 Å². The quantitative estimate of drug-likeness (QED) is 0.741. The highest BCUT2D eigenvalue weighted by Gasteiger charge is 2.46. The number of aryl methyl sites for hydroxylation is 1. The molecule has 72 valence electrons. The summed E-state index contributed by atoms with van der Waals surface area (Å²) in [5.41, 5.74) is 5.92. The largest absolute Gasteiger partial charge is 0.329 e. The topological polar surface area (TPSA) is 56.7 Å². The summed E-state index contributed by atoms with van der Waals surface area (Å²) in [6.45, 7) is 3.87. The number of aromatic nitrogens is 3. The van der Waals surface area contributed by atoms with Gasteiger partial charge in [-0.05, 0) is 19.3 Å². The predicted molar refractivity (Wildman–Crippen MR) is 50.3 cm³/mol. The van der Waals surface area contributed by atoms with Crippen LogP contribution in [0.2, 0.25) is 0 Å². The van der Waals surface area contributed by atoms with Gasteiger partial charge in [0, 0.05) is 18.5 Å². The van der Waals surface area contributed by atoms with E-state index >= 15 is 0 Å². The van der Waals surface area contributed by atoms with Crippen molar-refractivity contribution < 1.29 is 0 Å². The van der Waals surface area contributed by atoms with Crippen LogP contribution in [-0.2, 0) is 12.0 Å². The van der Waals surface area contributed by atoms with Crippen LogP contribution in [0.15, 0.2) is 6.33 Å². The minimum atomic E-state index is 0.172. The summed E-state index contributed by atoms with van der Waals surface area (Å²) >= 11 is 0. The Balaban J connectivity index is 2.24. The summed E-state index contributed by atoms with van der Waals surface area (Å²) in [4.78, 5) is 0. The smallest absolute Gasteiger partial charge is 0.140 e. The van der Waals surface area contributed by atoms with E-state index in [1.807, 2.05) is 6.33 Å². The van der Waals surface area contributed by atoms with Gasteiger partial charge in [-0.1, -0.05) is 6.92 Å². The molecule has 2 N–H and O–H groups in total.